The van der Waals surface area contributed by atoms with Crippen molar-refractivity contribution in [1.82, 2.24) is 9.88 Å². The zero-order valence-electron chi connectivity index (χ0n) is 10.9. The number of aryl methyl sites for hydroxylation is 1. The molecule has 2 rings (SSSR count). The number of aromatic nitrogens is 1. The third kappa shape index (κ3) is 3.05. The fourth-order valence-corrected chi connectivity index (χ4v) is 2.74. The molecule has 0 amide bonds. The standard InChI is InChI=1S/C14H23N3/c1-11-4-3-7-17(14(11)8-15)10-13-6-5-12(2)16-9-13/h5-6,9,11,14H,3-4,7-8,10,15H2,1-2H3. The summed E-state index contributed by atoms with van der Waals surface area (Å²) < 4.78 is 0. The molecular formula is C14H23N3. The van der Waals surface area contributed by atoms with Crippen molar-refractivity contribution in [2.75, 3.05) is 13.1 Å². The number of likely N-dealkylation sites (tertiary alicyclic amines) is 1. The molecule has 0 aliphatic carbocycles. The van der Waals surface area contributed by atoms with Crippen LogP contribution in [-0.2, 0) is 6.54 Å². The molecule has 2 heterocycles. The molecule has 2 N–H and O–H groups in total. The van der Waals surface area contributed by atoms with Crippen LogP contribution in [0.15, 0.2) is 18.3 Å². The van der Waals surface area contributed by atoms with E-state index in [0.717, 1.165) is 18.8 Å². The van der Waals surface area contributed by atoms with Crippen molar-refractivity contribution in [3.05, 3.63) is 29.6 Å². The van der Waals surface area contributed by atoms with E-state index < -0.39 is 0 Å². The van der Waals surface area contributed by atoms with Crippen LogP contribution in [0.25, 0.3) is 0 Å². The predicted molar refractivity (Wildman–Crippen MR) is 70.6 cm³/mol. The van der Waals surface area contributed by atoms with E-state index in [4.69, 9.17) is 5.73 Å². The third-order valence-electron chi connectivity index (χ3n) is 3.83. The van der Waals surface area contributed by atoms with Gasteiger partial charge in [0.05, 0.1) is 0 Å². The molecule has 1 aromatic rings. The number of nitrogens with zero attached hydrogens (tertiary/aromatic N) is 2. The number of hydrogen-bond donors (Lipinski definition) is 1. The van der Waals surface area contributed by atoms with Gasteiger partial charge in [-0.3, -0.25) is 9.88 Å². The predicted octanol–water partition coefficient (Wildman–Crippen LogP) is 1.95. The summed E-state index contributed by atoms with van der Waals surface area (Å²) in [6, 6.07) is 4.79. The molecule has 2 unspecified atom stereocenters. The largest absolute Gasteiger partial charge is 0.329 e. The maximum absolute atomic E-state index is 5.90. The van der Waals surface area contributed by atoms with Crippen LogP contribution in [0.1, 0.15) is 31.0 Å². The van der Waals surface area contributed by atoms with E-state index in [0.29, 0.717) is 12.0 Å². The topological polar surface area (TPSA) is 42.1 Å². The van der Waals surface area contributed by atoms with Gasteiger partial charge in [-0.15, -0.1) is 0 Å². The van der Waals surface area contributed by atoms with Gasteiger partial charge >= 0.3 is 0 Å². The van der Waals surface area contributed by atoms with Gasteiger partial charge in [0.25, 0.3) is 0 Å². The van der Waals surface area contributed by atoms with Crippen molar-refractivity contribution >= 4 is 0 Å². The summed E-state index contributed by atoms with van der Waals surface area (Å²) in [5.41, 5.74) is 8.28. The highest BCUT2D eigenvalue weighted by molar-refractivity contribution is 5.13. The van der Waals surface area contributed by atoms with Crippen molar-refractivity contribution in [3.8, 4) is 0 Å². The van der Waals surface area contributed by atoms with Crippen molar-refractivity contribution in [3.63, 3.8) is 0 Å². The molecule has 1 aliphatic rings. The lowest BCUT2D eigenvalue weighted by Gasteiger charge is -2.39. The van der Waals surface area contributed by atoms with Gasteiger partial charge in [0.1, 0.15) is 0 Å². The SMILES string of the molecule is Cc1ccc(CN2CCCC(C)C2CN)cn1. The van der Waals surface area contributed by atoms with Crippen LogP contribution in [0.4, 0.5) is 0 Å². The molecule has 3 nitrogen and oxygen atoms in total. The smallest absolute Gasteiger partial charge is 0.0372 e. The van der Waals surface area contributed by atoms with E-state index in [1.54, 1.807) is 0 Å². The second-order valence-electron chi connectivity index (χ2n) is 5.20. The summed E-state index contributed by atoms with van der Waals surface area (Å²) in [5.74, 6) is 0.715. The highest BCUT2D eigenvalue weighted by Gasteiger charge is 2.27. The molecule has 1 fully saturated rings. The first kappa shape index (κ1) is 12.5. The average molecular weight is 233 g/mol. The van der Waals surface area contributed by atoms with Crippen molar-refractivity contribution in [1.29, 1.82) is 0 Å². The minimum Gasteiger partial charge on any atom is -0.329 e. The monoisotopic (exact) mass is 233 g/mol. The lowest BCUT2D eigenvalue weighted by atomic mass is 9.90. The van der Waals surface area contributed by atoms with Gasteiger partial charge in [-0.05, 0) is 43.9 Å². The summed E-state index contributed by atoms with van der Waals surface area (Å²) in [5, 5.41) is 0. The van der Waals surface area contributed by atoms with Gasteiger partial charge in [-0.25, -0.2) is 0 Å². The Bertz CT molecular complexity index is 347. The molecule has 0 saturated carbocycles. The Labute approximate surface area is 104 Å². The lowest BCUT2D eigenvalue weighted by molar-refractivity contribution is 0.0990. The first-order valence-corrected chi connectivity index (χ1v) is 6.56. The van der Waals surface area contributed by atoms with Gasteiger partial charge in [-0.1, -0.05) is 13.0 Å². The van der Waals surface area contributed by atoms with E-state index >= 15 is 0 Å². The maximum Gasteiger partial charge on any atom is 0.0372 e. The summed E-state index contributed by atoms with van der Waals surface area (Å²) in [4.78, 5) is 6.87. The molecule has 1 aromatic heterocycles. The second-order valence-corrected chi connectivity index (χ2v) is 5.20. The highest BCUT2D eigenvalue weighted by Crippen LogP contribution is 2.24. The van der Waals surface area contributed by atoms with Gasteiger partial charge in [0.15, 0.2) is 0 Å². The van der Waals surface area contributed by atoms with Gasteiger partial charge in [0.2, 0.25) is 0 Å². The number of rotatable bonds is 3. The molecule has 0 radical (unpaired) electrons. The number of piperidine rings is 1. The Morgan fingerprint density at radius 2 is 2.29 bits per heavy atom. The van der Waals surface area contributed by atoms with Crippen molar-refractivity contribution in [2.24, 2.45) is 11.7 Å². The molecule has 1 aliphatic heterocycles. The van der Waals surface area contributed by atoms with Crippen molar-refractivity contribution < 1.29 is 0 Å². The third-order valence-corrected chi connectivity index (χ3v) is 3.83. The average Bonchev–Trinajstić information content (AvgIpc) is 2.32. The Balaban J connectivity index is 2.03. The van der Waals surface area contributed by atoms with Crippen LogP contribution < -0.4 is 5.73 Å². The molecular weight excluding hydrogens is 210 g/mol. The molecule has 1 saturated heterocycles. The van der Waals surface area contributed by atoms with Crippen LogP contribution in [0.3, 0.4) is 0 Å². The van der Waals surface area contributed by atoms with Crippen LogP contribution in [0.5, 0.6) is 0 Å². The van der Waals surface area contributed by atoms with E-state index in [1.165, 1.54) is 24.9 Å². The maximum atomic E-state index is 5.90. The zero-order valence-corrected chi connectivity index (χ0v) is 10.9. The molecule has 3 heteroatoms. The normalized spacial score (nSPS) is 26.1. The Morgan fingerprint density at radius 1 is 1.47 bits per heavy atom. The number of nitrogens with two attached hydrogens (primary N) is 1. The summed E-state index contributed by atoms with van der Waals surface area (Å²) in [6.07, 6.45) is 4.59. The van der Waals surface area contributed by atoms with E-state index in [2.05, 4.69) is 28.9 Å². The Morgan fingerprint density at radius 3 is 2.94 bits per heavy atom. The van der Waals surface area contributed by atoms with Crippen LogP contribution in [0.2, 0.25) is 0 Å². The highest BCUT2D eigenvalue weighted by atomic mass is 15.2. The summed E-state index contributed by atoms with van der Waals surface area (Å²) in [7, 11) is 0. The Hall–Kier alpha value is -0.930. The summed E-state index contributed by atoms with van der Waals surface area (Å²) in [6.45, 7) is 7.26. The van der Waals surface area contributed by atoms with E-state index in [1.807, 2.05) is 13.1 Å². The minimum absolute atomic E-state index is 0.532. The second kappa shape index (κ2) is 5.61. The van der Waals surface area contributed by atoms with Crippen LogP contribution in [-0.4, -0.2) is 29.0 Å². The summed E-state index contributed by atoms with van der Waals surface area (Å²) >= 11 is 0. The fraction of sp³-hybridized carbons (Fsp3) is 0.643. The van der Waals surface area contributed by atoms with Crippen LogP contribution >= 0.6 is 0 Å². The molecule has 2 atom stereocenters. The quantitative estimate of drug-likeness (QED) is 0.867. The molecule has 0 spiro atoms. The molecule has 17 heavy (non-hydrogen) atoms. The first-order chi connectivity index (χ1) is 8.20. The van der Waals surface area contributed by atoms with Gasteiger partial charge < -0.3 is 5.73 Å². The van der Waals surface area contributed by atoms with Crippen molar-refractivity contribution in [2.45, 2.75) is 39.3 Å². The van der Waals surface area contributed by atoms with Gasteiger partial charge in [0, 0.05) is 31.0 Å². The molecule has 0 aromatic carbocycles. The molecule has 94 valence electrons. The lowest BCUT2D eigenvalue weighted by Crippen LogP contribution is -2.48. The first-order valence-electron chi connectivity index (χ1n) is 6.56. The van der Waals surface area contributed by atoms with Crippen LogP contribution in [0, 0.1) is 12.8 Å². The fourth-order valence-electron chi connectivity index (χ4n) is 2.74. The zero-order chi connectivity index (χ0) is 12.3. The minimum atomic E-state index is 0.532. The van der Waals surface area contributed by atoms with E-state index in [-0.39, 0.29) is 0 Å². The Kier molecular flexibility index (Phi) is 4.13. The van der Waals surface area contributed by atoms with Gasteiger partial charge in [-0.2, -0.15) is 0 Å². The number of hydrogen-bond acceptors (Lipinski definition) is 3. The van der Waals surface area contributed by atoms with E-state index in [9.17, 15) is 0 Å². The molecule has 0 bridgehead atoms. The number of pyridine rings is 1.